The summed E-state index contributed by atoms with van der Waals surface area (Å²) in [7, 11) is 0. The van der Waals surface area contributed by atoms with Gasteiger partial charge in [-0.1, -0.05) is 37.3 Å². The maximum atomic E-state index is 12.2. The van der Waals surface area contributed by atoms with E-state index in [1.165, 1.54) is 0 Å². The maximum Gasteiger partial charge on any atom is 0.389 e. The largest absolute Gasteiger partial charge is 0.409 e. The first-order valence-corrected chi connectivity index (χ1v) is 7.15. The molecule has 0 saturated heterocycles. The predicted octanol–water partition coefficient (Wildman–Crippen LogP) is 2.67. The Kier molecular flexibility index (Phi) is 6.29. The van der Waals surface area contributed by atoms with E-state index >= 15 is 0 Å². The minimum atomic E-state index is -4.37. The fourth-order valence-electron chi connectivity index (χ4n) is 2.63. The number of nitrogens with one attached hydrogen (secondary N) is 1. The molecule has 1 aliphatic carbocycles. The van der Waals surface area contributed by atoms with E-state index in [0.717, 1.165) is 32.1 Å². The van der Waals surface area contributed by atoms with Gasteiger partial charge in [0.15, 0.2) is 5.84 Å². The van der Waals surface area contributed by atoms with E-state index in [-0.39, 0.29) is 5.84 Å². The molecule has 1 rings (SSSR count). The molecule has 0 aromatic carbocycles. The van der Waals surface area contributed by atoms with Gasteiger partial charge in [0.1, 0.15) is 5.54 Å². The fraction of sp³-hybridized carbons (Fsp3) is 0.846. The van der Waals surface area contributed by atoms with Crippen LogP contribution in [-0.4, -0.2) is 28.7 Å². The van der Waals surface area contributed by atoms with E-state index in [1.807, 2.05) is 0 Å². The third kappa shape index (κ3) is 5.81. The number of alkyl halides is 3. The zero-order valence-corrected chi connectivity index (χ0v) is 11.9. The molecule has 0 unspecified atom stereocenters. The minimum Gasteiger partial charge on any atom is -0.409 e. The second kappa shape index (κ2) is 7.51. The molecule has 0 aromatic heterocycles. The second-order valence-electron chi connectivity index (χ2n) is 5.50. The summed E-state index contributed by atoms with van der Waals surface area (Å²) < 4.78 is 36.5. The molecule has 4 N–H and O–H groups in total. The monoisotopic (exact) mass is 309 g/mol. The summed E-state index contributed by atoms with van der Waals surface area (Å²) in [4.78, 5) is 11.8. The lowest BCUT2D eigenvalue weighted by atomic mass is 9.82. The molecule has 0 atom stereocenters. The Morgan fingerprint density at radius 2 is 1.71 bits per heavy atom. The van der Waals surface area contributed by atoms with Crippen LogP contribution in [-0.2, 0) is 4.79 Å². The highest BCUT2D eigenvalue weighted by Crippen LogP contribution is 2.28. The van der Waals surface area contributed by atoms with Crippen molar-refractivity contribution in [2.24, 2.45) is 10.9 Å². The Hall–Kier alpha value is -1.47. The SMILES string of the molecule is NC(=NO)C1(NC(=O)CCC(F)(F)F)CCCCCCC1. The van der Waals surface area contributed by atoms with Crippen LogP contribution >= 0.6 is 0 Å². The van der Waals surface area contributed by atoms with E-state index in [2.05, 4.69) is 10.5 Å². The highest BCUT2D eigenvalue weighted by atomic mass is 19.4. The van der Waals surface area contributed by atoms with Crippen molar-refractivity contribution in [1.29, 1.82) is 0 Å². The standard InChI is InChI=1S/C13H22F3N3O2/c14-13(15,16)9-6-10(20)18-12(11(17)19-21)7-4-2-1-3-5-8-12/h21H,1-9H2,(H2,17,19)(H,18,20). The van der Waals surface area contributed by atoms with Crippen LogP contribution in [0.1, 0.15) is 57.8 Å². The summed E-state index contributed by atoms with van der Waals surface area (Å²) in [6.45, 7) is 0. The first kappa shape index (κ1) is 17.6. The third-order valence-corrected chi connectivity index (χ3v) is 3.82. The molecular weight excluding hydrogens is 287 g/mol. The number of nitrogens with zero attached hydrogens (tertiary/aromatic N) is 1. The Bertz CT molecular complexity index is 375. The molecule has 21 heavy (non-hydrogen) atoms. The average molecular weight is 309 g/mol. The topological polar surface area (TPSA) is 87.7 Å². The average Bonchev–Trinajstić information content (AvgIpc) is 2.38. The summed E-state index contributed by atoms with van der Waals surface area (Å²) in [6.07, 6.45) is -0.712. The lowest BCUT2D eigenvalue weighted by Gasteiger charge is -2.35. The van der Waals surface area contributed by atoms with Gasteiger partial charge in [-0.05, 0) is 12.8 Å². The predicted molar refractivity (Wildman–Crippen MR) is 71.9 cm³/mol. The molecule has 0 spiro atoms. The van der Waals surface area contributed by atoms with E-state index in [0.29, 0.717) is 12.8 Å². The van der Waals surface area contributed by atoms with Gasteiger partial charge in [-0.15, -0.1) is 0 Å². The number of amidine groups is 1. The lowest BCUT2D eigenvalue weighted by molar-refractivity contribution is -0.144. The molecule has 0 heterocycles. The van der Waals surface area contributed by atoms with Crippen molar-refractivity contribution in [1.82, 2.24) is 5.32 Å². The van der Waals surface area contributed by atoms with Crippen LogP contribution in [0.2, 0.25) is 0 Å². The number of carbonyl (C=O) groups excluding carboxylic acids is 1. The Morgan fingerprint density at radius 1 is 1.19 bits per heavy atom. The van der Waals surface area contributed by atoms with Crippen molar-refractivity contribution in [3.8, 4) is 0 Å². The van der Waals surface area contributed by atoms with E-state index in [4.69, 9.17) is 10.9 Å². The molecule has 0 aromatic rings. The van der Waals surface area contributed by atoms with Gasteiger partial charge in [0.05, 0.1) is 6.42 Å². The summed E-state index contributed by atoms with van der Waals surface area (Å²) >= 11 is 0. The number of hydrogen-bond donors (Lipinski definition) is 3. The van der Waals surface area contributed by atoms with Gasteiger partial charge < -0.3 is 16.3 Å². The molecule has 1 amide bonds. The Labute approximate surface area is 121 Å². The molecule has 5 nitrogen and oxygen atoms in total. The third-order valence-electron chi connectivity index (χ3n) is 3.82. The summed E-state index contributed by atoms with van der Waals surface area (Å²) in [6, 6.07) is 0. The van der Waals surface area contributed by atoms with E-state index < -0.39 is 30.5 Å². The van der Waals surface area contributed by atoms with E-state index in [9.17, 15) is 18.0 Å². The number of hydrogen-bond acceptors (Lipinski definition) is 3. The van der Waals surface area contributed by atoms with Gasteiger partial charge in [0, 0.05) is 6.42 Å². The summed E-state index contributed by atoms with van der Waals surface area (Å²) in [5, 5.41) is 14.5. The number of carbonyl (C=O) groups is 1. The van der Waals surface area contributed by atoms with Crippen molar-refractivity contribution in [3.05, 3.63) is 0 Å². The van der Waals surface area contributed by atoms with Gasteiger partial charge in [-0.25, -0.2) is 0 Å². The number of amides is 1. The summed E-state index contributed by atoms with van der Waals surface area (Å²) in [5.41, 5.74) is 4.67. The van der Waals surface area contributed by atoms with Crippen LogP contribution in [0.25, 0.3) is 0 Å². The highest BCUT2D eigenvalue weighted by molar-refractivity contribution is 5.93. The zero-order chi connectivity index (χ0) is 15.9. The van der Waals surface area contributed by atoms with Crippen molar-refractivity contribution in [2.75, 3.05) is 0 Å². The molecule has 0 bridgehead atoms. The van der Waals surface area contributed by atoms with Crippen molar-refractivity contribution in [3.63, 3.8) is 0 Å². The number of halogens is 3. The zero-order valence-electron chi connectivity index (χ0n) is 11.9. The van der Waals surface area contributed by atoms with Crippen LogP contribution in [0.4, 0.5) is 13.2 Å². The van der Waals surface area contributed by atoms with Crippen LogP contribution < -0.4 is 11.1 Å². The number of rotatable bonds is 4. The van der Waals surface area contributed by atoms with Gasteiger partial charge in [-0.2, -0.15) is 13.2 Å². The normalized spacial score (nSPS) is 20.4. The number of oxime groups is 1. The Morgan fingerprint density at radius 3 is 2.19 bits per heavy atom. The van der Waals surface area contributed by atoms with Crippen LogP contribution in [0, 0.1) is 0 Å². The number of nitrogens with two attached hydrogens (primary N) is 1. The molecule has 1 aliphatic rings. The molecule has 0 aliphatic heterocycles. The molecule has 122 valence electrons. The van der Waals surface area contributed by atoms with Crippen molar-refractivity contribution < 1.29 is 23.2 Å². The maximum absolute atomic E-state index is 12.2. The lowest BCUT2D eigenvalue weighted by Crippen LogP contribution is -2.57. The molecule has 8 heteroatoms. The fourth-order valence-corrected chi connectivity index (χ4v) is 2.63. The van der Waals surface area contributed by atoms with Gasteiger partial charge >= 0.3 is 6.18 Å². The molecule has 0 radical (unpaired) electrons. The summed E-state index contributed by atoms with van der Waals surface area (Å²) in [5.74, 6) is -0.857. The van der Waals surface area contributed by atoms with Crippen LogP contribution in [0.3, 0.4) is 0 Å². The second-order valence-corrected chi connectivity index (χ2v) is 5.50. The quantitative estimate of drug-likeness (QED) is 0.323. The minimum absolute atomic E-state index is 0.134. The van der Waals surface area contributed by atoms with Crippen LogP contribution in [0.15, 0.2) is 5.16 Å². The first-order chi connectivity index (χ1) is 9.79. The van der Waals surface area contributed by atoms with Gasteiger partial charge in [0.25, 0.3) is 0 Å². The van der Waals surface area contributed by atoms with Crippen molar-refractivity contribution in [2.45, 2.75) is 69.5 Å². The first-order valence-electron chi connectivity index (χ1n) is 7.15. The van der Waals surface area contributed by atoms with E-state index in [1.54, 1.807) is 0 Å². The molecule has 1 saturated carbocycles. The highest BCUT2D eigenvalue weighted by Gasteiger charge is 2.37. The smallest absolute Gasteiger partial charge is 0.389 e. The van der Waals surface area contributed by atoms with Gasteiger partial charge in [-0.3, -0.25) is 4.79 Å². The van der Waals surface area contributed by atoms with Gasteiger partial charge in [0.2, 0.25) is 5.91 Å². The Balaban J connectivity index is 2.75. The molecular formula is C13H22F3N3O2. The van der Waals surface area contributed by atoms with Crippen LogP contribution in [0.5, 0.6) is 0 Å². The molecule has 1 fully saturated rings. The van der Waals surface area contributed by atoms with Crippen molar-refractivity contribution >= 4 is 11.7 Å².